The Kier molecular flexibility index (Phi) is 4.20. The molecule has 1 saturated heterocycles. The van der Waals surface area contributed by atoms with Gasteiger partial charge in [-0.25, -0.2) is 9.97 Å². The number of aryl methyl sites for hydroxylation is 1. The minimum absolute atomic E-state index is 0.703. The second kappa shape index (κ2) is 6.49. The van der Waals surface area contributed by atoms with E-state index >= 15 is 0 Å². The highest BCUT2D eigenvalue weighted by molar-refractivity contribution is 9.10. The molecule has 0 radical (unpaired) electrons. The fourth-order valence-electron chi connectivity index (χ4n) is 3.23. The Morgan fingerprint density at radius 1 is 1.17 bits per heavy atom. The summed E-state index contributed by atoms with van der Waals surface area (Å²) in [6.45, 7) is 7.10. The fourth-order valence-corrected chi connectivity index (χ4v) is 3.68. The van der Waals surface area contributed by atoms with Gasteiger partial charge >= 0.3 is 0 Å². The molecule has 6 nitrogen and oxygen atoms in total. The lowest BCUT2D eigenvalue weighted by Crippen LogP contribution is -2.46. The topological polar surface area (TPSA) is 60.9 Å². The molecule has 1 fully saturated rings. The first kappa shape index (κ1) is 15.5. The zero-order valence-corrected chi connectivity index (χ0v) is 15.1. The van der Waals surface area contributed by atoms with Gasteiger partial charge < -0.3 is 4.90 Å². The Bertz CT molecular complexity index is 853. The van der Waals surface area contributed by atoms with E-state index in [0.717, 1.165) is 48.5 Å². The fraction of sp³-hybridized carbons (Fsp3) is 0.353. The minimum atomic E-state index is 0.703. The average molecular weight is 387 g/mol. The van der Waals surface area contributed by atoms with Crippen molar-refractivity contribution in [3.05, 3.63) is 46.3 Å². The van der Waals surface area contributed by atoms with E-state index in [1.807, 2.05) is 0 Å². The molecular weight excluding hydrogens is 368 g/mol. The summed E-state index contributed by atoms with van der Waals surface area (Å²) in [5, 5.41) is 8.09. The number of hydrogen-bond donors (Lipinski definition) is 1. The van der Waals surface area contributed by atoms with Gasteiger partial charge in [-0.05, 0) is 28.4 Å². The molecule has 4 rings (SSSR count). The Hall–Kier alpha value is -1.99. The third kappa shape index (κ3) is 3.01. The highest BCUT2D eigenvalue weighted by Gasteiger charge is 2.22. The van der Waals surface area contributed by atoms with Gasteiger partial charge in [-0.1, -0.05) is 29.8 Å². The van der Waals surface area contributed by atoms with Crippen molar-refractivity contribution in [3.63, 3.8) is 0 Å². The second-order valence-electron chi connectivity index (χ2n) is 6.19. The van der Waals surface area contributed by atoms with Gasteiger partial charge in [0.25, 0.3) is 0 Å². The number of halogens is 1. The smallest absolute Gasteiger partial charge is 0.187 e. The number of benzene rings is 1. The molecule has 0 bridgehead atoms. The molecule has 0 aliphatic carbocycles. The summed E-state index contributed by atoms with van der Waals surface area (Å²) in [4.78, 5) is 13.5. The van der Waals surface area contributed by atoms with Crippen LogP contribution in [0.2, 0.25) is 0 Å². The molecule has 24 heavy (non-hydrogen) atoms. The van der Waals surface area contributed by atoms with Crippen LogP contribution in [0.3, 0.4) is 0 Å². The van der Waals surface area contributed by atoms with E-state index in [4.69, 9.17) is 0 Å². The maximum Gasteiger partial charge on any atom is 0.187 e. The van der Waals surface area contributed by atoms with Crippen LogP contribution in [-0.4, -0.2) is 51.2 Å². The predicted molar refractivity (Wildman–Crippen MR) is 98.1 cm³/mol. The molecule has 0 amide bonds. The van der Waals surface area contributed by atoms with E-state index in [1.54, 1.807) is 6.33 Å². The van der Waals surface area contributed by atoms with Gasteiger partial charge in [0.2, 0.25) is 0 Å². The molecule has 0 spiro atoms. The third-order valence-electron chi connectivity index (χ3n) is 4.45. The van der Waals surface area contributed by atoms with Crippen molar-refractivity contribution in [1.82, 2.24) is 25.1 Å². The number of aromatic nitrogens is 4. The Morgan fingerprint density at radius 2 is 2.00 bits per heavy atom. The van der Waals surface area contributed by atoms with Gasteiger partial charge in [-0.3, -0.25) is 10.00 Å². The predicted octanol–water partition coefficient (Wildman–Crippen LogP) is 2.75. The Morgan fingerprint density at radius 3 is 2.79 bits per heavy atom. The zero-order valence-electron chi connectivity index (χ0n) is 13.5. The summed E-state index contributed by atoms with van der Waals surface area (Å²) >= 11 is 3.51. The summed E-state index contributed by atoms with van der Waals surface area (Å²) in [5.41, 5.74) is 3.40. The lowest BCUT2D eigenvalue weighted by atomic mass is 10.1. The van der Waals surface area contributed by atoms with Crippen LogP contribution in [0.25, 0.3) is 11.0 Å². The van der Waals surface area contributed by atoms with Crippen LogP contribution in [0.4, 0.5) is 5.82 Å². The van der Waals surface area contributed by atoms with E-state index in [-0.39, 0.29) is 0 Å². The summed E-state index contributed by atoms with van der Waals surface area (Å²) < 4.78 is 0.843. The first-order valence-electron chi connectivity index (χ1n) is 8.08. The monoisotopic (exact) mass is 386 g/mol. The Balaban J connectivity index is 1.47. The van der Waals surface area contributed by atoms with Gasteiger partial charge in [-0.2, -0.15) is 5.10 Å². The highest BCUT2D eigenvalue weighted by atomic mass is 79.9. The molecule has 124 valence electrons. The number of piperazine rings is 1. The molecule has 0 atom stereocenters. The van der Waals surface area contributed by atoms with E-state index in [9.17, 15) is 0 Å². The summed E-state index contributed by atoms with van der Waals surface area (Å²) in [5.74, 6) is 0.954. The molecule has 3 aromatic rings. The van der Waals surface area contributed by atoms with Crippen molar-refractivity contribution in [2.45, 2.75) is 13.5 Å². The zero-order chi connectivity index (χ0) is 16.5. The van der Waals surface area contributed by atoms with Crippen LogP contribution in [0, 0.1) is 6.92 Å². The van der Waals surface area contributed by atoms with Gasteiger partial charge in [-0.15, -0.1) is 0 Å². The number of aromatic amines is 1. The third-order valence-corrected chi connectivity index (χ3v) is 5.02. The molecule has 2 aromatic heterocycles. The number of H-pyrrole nitrogens is 1. The molecule has 1 aromatic carbocycles. The van der Waals surface area contributed by atoms with Crippen LogP contribution in [0.5, 0.6) is 0 Å². The normalized spacial score (nSPS) is 16.0. The quantitative estimate of drug-likeness (QED) is 0.749. The van der Waals surface area contributed by atoms with E-state index < -0.39 is 0 Å². The molecule has 1 N–H and O–H groups in total. The summed E-state index contributed by atoms with van der Waals surface area (Å²) in [6.07, 6.45) is 1.59. The number of nitrogens with zero attached hydrogens (tertiary/aromatic N) is 5. The number of nitrogens with one attached hydrogen (secondary N) is 1. The largest absolute Gasteiger partial charge is 0.353 e. The number of fused-ring (bicyclic) bond motifs is 1. The van der Waals surface area contributed by atoms with Crippen LogP contribution < -0.4 is 4.90 Å². The van der Waals surface area contributed by atoms with Crippen molar-refractivity contribution >= 4 is 32.8 Å². The van der Waals surface area contributed by atoms with Crippen molar-refractivity contribution in [2.75, 3.05) is 31.1 Å². The molecule has 0 unspecified atom stereocenters. The van der Waals surface area contributed by atoms with Crippen molar-refractivity contribution in [2.24, 2.45) is 0 Å². The number of anilines is 1. The number of rotatable bonds is 3. The maximum absolute atomic E-state index is 4.49. The lowest BCUT2D eigenvalue weighted by Gasteiger charge is -2.35. The van der Waals surface area contributed by atoms with Gasteiger partial charge in [0.15, 0.2) is 5.65 Å². The second-order valence-corrected chi connectivity index (χ2v) is 6.98. The number of hydrogen-bond acceptors (Lipinski definition) is 5. The minimum Gasteiger partial charge on any atom is -0.353 e. The average Bonchev–Trinajstić information content (AvgIpc) is 2.97. The summed E-state index contributed by atoms with van der Waals surface area (Å²) in [7, 11) is 0. The van der Waals surface area contributed by atoms with E-state index in [1.165, 1.54) is 11.1 Å². The van der Waals surface area contributed by atoms with Gasteiger partial charge in [0.05, 0.1) is 5.39 Å². The standard InChI is InChI=1S/C17H19BrN6/c1-12-3-2-4-13(9-12)10-23-5-7-24(8-6-23)17-14-15(18)21-22-16(14)19-11-20-17/h2-4,9,11H,5-8,10H2,1H3,(H,19,20,21,22). The molecule has 1 aliphatic heterocycles. The van der Waals surface area contributed by atoms with Crippen LogP contribution in [0.1, 0.15) is 11.1 Å². The first-order chi connectivity index (χ1) is 11.7. The molecule has 7 heteroatoms. The van der Waals surface area contributed by atoms with E-state index in [2.05, 4.69) is 77.1 Å². The SMILES string of the molecule is Cc1cccc(CN2CCN(c3ncnc4n[nH]c(Br)c34)CC2)c1. The van der Waals surface area contributed by atoms with Crippen LogP contribution in [0.15, 0.2) is 35.2 Å². The van der Waals surface area contributed by atoms with E-state index in [0.29, 0.717) is 5.65 Å². The molecule has 1 aliphatic rings. The van der Waals surface area contributed by atoms with Gasteiger partial charge in [0, 0.05) is 32.7 Å². The molecule has 0 saturated carbocycles. The van der Waals surface area contributed by atoms with Crippen LogP contribution in [-0.2, 0) is 6.54 Å². The van der Waals surface area contributed by atoms with Crippen molar-refractivity contribution in [3.8, 4) is 0 Å². The molecular formula is C17H19BrN6. The highest BCUT2D eigenvalue weighted by Crippen LogP contribution is 2.28. The molecule has 3 heterocycles. The van der Waals surface area contributed by atoms with Crippen LogP contribution >= 0.6 is 15.9 Å². The van der Waals surface area contributed by atoms with Crippen molar-refractivity contribution < 1.29 is 0 Å². The lowest BCUT2D eigenvalue weighted by molar-refractivity contribution is 0.249. The summed E-state index contributed by atoms with van der Waals surface area (Å²) in [6, 6.07) is 8.75. The van der Waals surface area contributed by atoms with Gasteiger partial charge in [0.1, 0.15) is 16.7 Å². The maximum atomic E-state index is 4.49. The first-order valence-corrected chi connectivity index (χ1v) is 8.87. The van der Waals surface area contributed by atoms with Crippen molar-refractivity contribution in [1.29, 1.82) is 0 Å². The Labute approximate surface area is 149 Å².